The van der Waals surface area contributed by atoms with E-state index in [1.54, 1.807) is 4.90 Å². The van der Waals surface area contributed by atoms with Gasteiger partial charge in [-0.05, 0) is 18.9 Å². The Hall–Kier alpha value is -2.37. The third-order valence-corrected chi connectivity index (χ3v) is 6.23. The van der Waals surface area contributed by atoms with Crippen molar-refractivity contribution in [2.75, 3.05) is 55.1 Å². The molecule has 1 N–H and O–H groups in total. The number of aromatic nitrogens is 3. The van der Waals surface area contributed by atoms with E-state index in [1.165, 1.54) is 25.1 Å². The number of amides is 1. The van der Waals surface area contributed by atoms with Crippen molar-refractivity contribution >= 4 is 39.3 Å². The van der Waals surface area contributed by atoms with Gasteiger partial charge >= 0.3 is 6.03 Å². The number of sulfonamides is 1. The van der Waals surface area contributed by atoms with E-state index in [9.17, 15) is 13.2 Å². The van der Waals surface area contributed by atoms with Crippen LogP contribution in [0.15, 0.2) is 24.4 Å². The molecule has 0 radical (unpaired) electrons. The van der Waals surface area contributed by atoms with Crippen LogP contribution in [-0.4, -0.2) is 84.5 Å². The summed E-state index contributed by atoms with van der Waals surface area (Å²) in [6.07, 6.45) is 4.84. The molecule has 1 amide bonds. The number of pyridine rings is 1. The minimum Gasteiger partial charge on any atom is -0.356 e. The Kier molecular flexibility index (Phi) is 6.35. The average Bonchev–Trinajstić information content (AvgIpc) is 3.40. The lowest BCUT2D eigenvalue weighted by Crippen LogP contribution is -2.49. The summed E-state index contributed by atoms with van der Waals surface area (Å²) in [5, 5.41) is 4.52. The molecule has 4 rings (SSSR count). The lowest BCUT2D eigenvalue weighted by atomic mass is 10.2. The molecule has 0 saturated carbocycles. The van der Waals surface area contributed by atoms with Crippen LogP contribution in [0.1, 0.15) is 18.4 Å². The van der Waals surface area contributed by atoms with E-state index in [0.29, 0.717) is 18.2 Å². The Labute approximate surface area is 186 Å². The molecule has 0 unspecified atom stereocenters. The fourth-order valence-electron chi connectivity index (χ4n) is 3.94. The van der Waals surface area contributed by atoms with Crippen molar-refractivity contribution in [1.29, 1.82) is 0 Å². The van der Waals surface area contributed by atoms with Crippen molar-refractivity contribution in [3.63, 3.8) is 0 Å². The molecule has 0 aromatic carbocycles. The smallest absolute Gasteiger partial charge is 0.344 e. The summed E-state index contributed by atoms with van der Waals surface area (Å²) in [5.74, 6) is 1.09. The van der Waals surface area contributed by atoms with Gasteiger partial charge in [0.15, 0.2) is 5.82 Å². The maximum Gasteiger partial charge on any atom is 0.344 e. The first-order chi connectivity index (χ1) is 14.8. The van der Waals surface area contributed by atoms with Crippen LogP contribution in [0.2, 0.25) is 5.15 Å². The van der Waals surface area contributed by atoms with E-state index >= 15 is 0 Å². The highest BCUT2D eigenvalue weighted by molar-refractivity contribution is 7.92. The highest BCUT2D eigenvalue weighted by atomic mass is 35.5. The summed E-state index contributed by atoms with van der Waals surface area (Å²) >= 11 is 6.15. The standard InChI is InChI=1S/C19H26ClN7O3S/c1-31(29,30)23-17-6-9-27(22-17)19(28)26-12-10-24(11-13-26)14-15-4-5-16(20)21-18(15)25-7-2-3-8-25/h4-6,9H,2-3,7-8,10-14H2,1H3,(H,22,23). The lowest BCUT2D eigenvalue weighted by Gasteiger charge is -2.35. The number of piperazine rings is 1. The maximum absolute atomic E-state index is 12.7. The lowest BCUT2D eigenvalue weighted by molar-refractivity contribution is 0.134. The van der Waals surface area contributed by atoms with Crippen molar-refractivity contribution in [3.8, 4) is 0 Å². The molecule has 2 fully saturated rings. The minimum atomic E-state index is -3.44. The molecule has 4 heterocycles. The molecular weight excluding hydrogens is 442 g/mol. The quantitative estimate of drug-likeness (QED) is 0.667. The van der Waals surface area contributed by atoms with Crippen molar-refractivity contribution < 1.29 is 13.2 Å². The fourth-order valence-corrected chi connectivity index (χ4v) is 4.57. The van der Waals surface area contributed by atoms with Gasteiger partial charge in [-0.25, -0.2) is 18.2 Å². The zero-order valence-electron chi connectivity index (χ0n) is 17.4. The fraction of sp³-hybridized carbons (Fsp3) is 0.526. The maximum atomic E-state index is 12.7. The Balaban J connectivity index is 1.36. The third-order valence-electron chi connectivity index (χ3n) is 5.44. The number of rotatable bonds is 5. The summed E-state index contributed by atoms with van der Waals surface area (Å²) in [5.41, 5.74) is 1.15. The molecule has 2 aromatic heterocycles. The highest BCUT2D eigenvalue weighted by Gasteiger charge is 2.25. The summed E-state index contributed by atoms with van der Waals surface area (Å²) in [7, 11) is -3.44. The van der Waals surface area contributed by atoms with E-state index in [0.717, 1.165) is 55.0 Å². The molecule has 0 bridgehead atoms. The Morgan fingerprint density at radius 1 is 1.10 bits per heavy atom. The van der Waals surface area contributed by atoms with Gasteiger partial charge in [0, 0.05) is 63.6 Å². The van der Waals surface area contributed by atoms with Gasteiger partial charge in [-0.15, -0.1) is 5.10 Å². The highest BCUT2D eigenvalue weighted by Crippen LogP contribution is 2.26. The molecule has 0 atom stereocenters. The van der Waals surface area contributed by atoms with Gasteiger partial charge in [0.25, 0.3) is 0 Å². The number of halogens is 1. The summed E-state index contributed by atoms with van der Waals surface area (Å²) < 4.78 is 26.1. The molecule has 12 heteroatoms. The van der Waals surface area contributed by atoms with E-state index in [-0.39, 0.29) is 11.8 Å². The number of hydrogen-bond acceptors (Lipinski definition) is 7. The molecule has 2 aromatic rings. The SMILES string of the molecule is CS(=O)(=O)Nc1ccn(C(=O)N2CCN(Cc3ccc(Cl)nc3N3CCCC3)CC2)n1. The number of anilines is 2. The van der Waals surface area contributed by atoms with Gasteiger partial charge < -0.3 is 9.80 Å². The summed E-state index contributed by atoms with van der Waals surface area (Å²) in [6, 6.07) is 5.06. The topological polar surface area (TPSA) is 104 Å². The Morgan fingerprint density at radius 2 is 1.81 bits per heavy atom. The van der Waals surface area contributed by atoms with Crippen molar-refractivity contribution in [3.05, 3.63) is 35.1 Å². The number of carbonyl (C=O) groups excluding carboxylic acids is 1. The molecule has 168 valence electrons. The Bertz CT molecular complexity index is 1040. The van der Waals surface area contributed by atoms with Crippen LogP contribution in [0.5, 0.6) is 0 Å². The van der Waals surface area contributed by atoms with Crippen LogP contribution < -0.4 is 9.62 Å². The van der Waals surface area contributed by atoms with Crippen LogP contribution in [0.25, 0.3) is 0 Å². The van der Waals surface area contributed by atoms with E-state index in [4.69, 9.17) is 11.6 Å². The monoisotopic (exact) mass is 467 g/mol. The summed E-state index contributed by atoms with van der Waals surface area (Å²) in [4.78, 5) is 23.6. The van der Waals surface area contributed by atoms with E-state index in [1.807, 2.05) is 12.1 Å². The zero-order valence-corrected chi connectivity index (χ0v) is 18.9. The van der Waals surface area contributed by atoms with Crippen molar-refractivity contribution in [2.24, 2.45) is 0 Å². The molecule has 0 aliphatic carbocycles. The van der Waals surface area contributed by atoms with E-state index in [2.05, 4.69) is 24.6 Å². The van der Waals surface area contributed by atoms with Gasteiger partial charge in [-0.3, -0.25) is 9.62 Å². The summed E-state index contributed by atoms with van der Waals surface area (Å²) in [6.45, 7) is 5.34. The van der Waals surface area contributed by atoms with Crippen molar-refractivity contribution in [1.82, 2.24) is 24.6 Å². The Morgan fingerprint density at radius 3 is 2.48 bits per heavy atom. The second-order valence-electron chi connectivity index (χ2n) is 7.88. The first kappa shape index (κ1) is 21.8. The molecular formula is C19H26ClN7O3S. The normalized spacial score (nSPS) is 17.9. The third kappa shape index (κ3) is 5.46. The average molecular weight is 468 g/mol. The number of carbonyl (C=O) groups is 1. The van der Waals surface area contributed by atoms with Crippen LogP contribution in [0.3, 0.4) is 0 Å². The largest absolute Gasteiger partial charge is 0.356 e. The number of nitrogens with zero attached hydrogens (tertiary/aromatic N) is 6. The molecule has 2 aliphatic heterocycles. The number of nitrogens with one attached hydrogen (secondary N) is 1. The molecule has 2 saturated heterocycles. The molecule has 10 nitrogen and oxygen atoms in total. The van der Waals surface area contributed by atoms with Gasteiger partial charge in [0.05, 0.1) is 6.26 Å². The minimum absolute atomic E-state index is 0.124. The second kappa shape index (κ2) is 9.01. The first-order valence-electron chi connectivity index (χ1n) is 10.2. The van der Waals surface area contributed by atoms with Crippen LogP contribution in [0, 0.1) is 0 Å². The van der Waals surface area contributed by atoms with Gasteiger partial charge in [-0.1, -0.05) is 17.7 Å². The van der Waals surface area contributed by atoms with Gasteiger partial charge in [0.2, 0.25) is 10.0 Å². The predicted molar refractivity (Wildman–Crippen MR) is 119 cm³/mol. The molecule has 0 spiro atoms. The van der Waals surface area contributed by atoms with Crippen LogP contribution in [-0.2, 0) is 16.6 Å². The van der Waals surface area contributed by atoms with E-state index < -0.39 is 10.0 Å². The first-order valence-corrected chi connectivity index (χ1v) is 12.5. The molecule has 31 heavy (non-hydrogen) atoms. The van der Waals surface area contributed by atoms with Gasteiger partial charge in [-0.2, -0.15) is 4.68 Å². The predicted octanol–water partition coefficient (Wildman–Crippen LogP) is 1.69. The van der Waals surface area contributed by atoms with Crippen LogP contribution >= 0.6 is 11.6 Å². The molecule has 2 aliphatic rings. The second-order valence-corrected chi connectivity index (χ2v) is 10.0. The zero-order chi connectivity index (χ0) is 22.0. The van der Waals surface area contributed by atoms with Crippen molar-refractivity contribution in [2.45, 2.75) is 19.4 Å². The van der Waals surface area contributed by atoms with Crippen LogP contribution in [0.4, 0.5) is 16.4 Å². The van der Waals surface area contributed by atoms with Gasteiger partial charge in [0.1, 0.15) is 11.0 Å². The number of hydrogen-bond donors (Lipinski definition) is 1.